The van der Waals surface area contributed by atoms with E-state index >= 15 is 0 Å². The molecule has 0 saturated heterocycles. The maximum Gasteiger partial charge on any atom is 0.416 e. The lowest BCUT2D eigenvalue weighted by molar-refractivity contribution is -0.138. The van der Waals surface area contributed by atoms with E-state index in [1.807, 2.05) is 0 Å². The fourth-order valence-electron chi connectivity index (χ4n) is 2.95. The van der Waals surface area contributed by atoms with E-state index in [0.29, 0.717) is 5.76 Å². The third kappa shape index (κ3) is 3.81. The number of aromatic amines is 1. The van der Waals surface area contributed by atoms with Gasteiger partial charge in [-0.05, 0) is 23.8 Å². The Balaban J connectivity index is 1.62. The predicted molar refractivity (Wildman–Crippen MR) is 101 cm³/mol. The van der Waals surface area contributed by atoms with Crippen molar-refractivity contribution in [3.8, 4) is 0 Å². The van der Waals surface area contributed by atoms with Crippen LogP contribution in [0.25, 0.3) is 11.0 Å². The highest BCUT2D eigenvalue weighted by molar-refractivity contribution is 5.73. The maximum atomic E-state index is 13.1. The number of fused-ring (bicyclic) bond motifs is 1. The number of hydrogen-bond acceptors (Lipinski definition) is 6. The summed E-state index contributed by atoms with van der Waals surface area (Å²) >= 11 is 0. The number of benzene rings is 1. The maximum absolute atomic E-state index is 13.1. The van der Waals surface area contributed by atoms with Crippen LogP contribution in [0.2, 0.25) is 0 Å². The van der Waals surface area contributed by atoms with Gasteiger partial charge in [0.25, 0.3) is 5.56 Å². The first-order valence-corrected chi connectivity index (χ1v) is 8.74. The van der Waals surface area contributed by atoms with Crippen LogP contribution in [0, 0.1) is 0 Å². The Morgan fingerprint density at radius 3 is 2.67 bits per heavy atom. The molecule has 3 aromatic heterocycles. The van der Waals surface area contributed by atoms with Crippen LogP contribution in [0.1, 0.15) is 16.9 Å². The second-order valence-electron chi connectivity index (χ2n) is 6.37. The van der Waals surface area contributed by atoms with Gasteiger partial charge in [-0.1, -0.05) is 18.2 Å². The summed E-state index contributed by atoms with van der Waals surface area (Å²) in [6.45, 7) is -0.258. The van der Waals surface area contributed by atoms with Crippen molar-refractivity contribution in [3.63, 3.8) is 0 Å². The van der Waals surface area contributed by atoms with Crippen LogP contribution in [0.5, 0.6) is 0 Å². The Bertz CT molecular complexity index is 1310. The Kier molecular flexibility index (Phi) is 4.86. The topological polar surface area (TPSA) is 106 Å². The van der Waals surface area contributed by atoms with Crippen LogP contribution in [0.15, 0.2) is 62.9 Å². The zero-order chi connectivity index (χ0) is 21.3. The molecule has 30 heavy (non-hydrogen) atoms. The fraction of sp³-hybridized carbons (Fsp3) is 0.158. The van der Waals surface area contributed by atoms with Gasteiger partial charge in [0.15, 0.2) is 5.65 Å². The van der Waals surface area contributed by atoms with E-state index in [-0.39, 0.29) is 35.6 Å². The lowest BCUT2D eigenvalue weighted by Gasteiger charge is -2.13. The molecule has 8 nitrogen and oxygen atoms in total. The van der Waals surface area contributed by atoms with Gasteiger partial charge >= 0.3 is 11.9 Å². The lowest BCUT2D eigenvalue weighted by atomic mass is 10.1. The minimum atomic E-state index is -4.49. The van der Waals surface area contributed by atoms with Gasteiger partial charge in [0, 0.05) is 12.7 Å². The first kappa shape index (κ1) is 19.4. The molecule has 11 heteroatoms. The number of nitrogens with zero attached hydrogens (tertiary/aromatic N) is 3. The molecule has 1 aromatic carbocycles. The molecule has 0 aliphatic heterocycles. The van der Waals surface area contributed by atoms with Gasteiger partial charge in [0.2, 0.25) is 5.95 Å². The quantitative estimate of drug-likeness (QED) is 0.517. The molecule has 0 fully saturated rings. The number of anilines is 1. The van der Waals surface area contributed by atoms with Crippen LogP contribution in [-0.2, 0) is 19.3 Å². The first-order chi connectivity index (χ1) is 14.3. The molecule has 0 saturated carbocycles. The van der Waals surface area contributed by atoms with E-state index in [1.165, 1.54) is 30.7 Å². The van der Waals surface area contributed by atoms with Crippen LogP contribution in [0.4, 0.5) is 19.1 Å². The van der Waals surface area contributed by atoms with Crippen molar-refractivity contribution in [2.75, 3.05) is 5.32 Å². The Labute approximate surface area is 166 Å². The van der Waals surface area contributed by atoms with Gasteiger partial charge in [0.05, 0.1) is 18.4 Å². The summed E-state index contributed by atoms with van der Waals surface area (Å²) in [4.78, 5) is 35.4. The van der Waals surface area contributed by atoms with Crippen molar-refractivity contribution in [2.24, 2.45) is 0 Å². The number of furan rings is 1. The molecule has 0 unspecified atom stereocenters. The number of nitrogens with one attached hydrogen (secondary N) is 2. The Morgan fingerprint density at radius 2 is 1.93 bits per heavy atom. The van der Waals surface area contributed by atoms with Crippen LogP contribution in [0.3, 0.4) is 0 Å². The number of rotatable bonds is 5. The van der Waals surface area contributed by atoms with Gasteiger partial charge in [-0.15, -0.1) is 0 Å². The molecule has 0 spiro atoms. The summed E-state index contributed by atoms with van der Waals surface area (Å²) in [5.41, 5.74) is -2.10. The van der Waals surface area contributed by atoms with Gasteiger partial charge in [-0.25, -0.2) is 9.78 Å². The van der Waals surface area contributed by atoms with Crippen molar-refractivity contribution in [2.45, 2.75) is 19.3 Å². The van der Waals surface area contributed by atoms with E-state index in [9.17, 15) is 22.8 Å². The number of aromatic nitrogens is 4. The Morgan fingerprint density at radius 1 is 1.13 bits per heavy atom. The molecule has 0 atom stereocenters. The SMILES string of the molecule is O=c1[nH]c2nc(NCc3ccccc3C(F)(F)F)ncc2c(=O)n1Cc1ccco1. The minimum Gasteiger partial charge on any atom is -0.467 e. The molecule has 4 rings (SSSR count). The number of hydrogen-bond donors (Lipinski definition) is 2. The molecule has 0 bridgehead atoms. The van der Waals surface area contributed by atoms with Gasteiger partial charge in [-0.3, -0.25) is 14.3 Å². The molecule has 0 aliphatic rings. The molecule has 0 radical (unpaired) electrons. The van der Waals surface area contributed by atoms with Crippen LogP contribution in [-0.4, -0.2) is 19.5 Å². The van der Waals surface area contributed by atoms with Crippen molar-refractivity contribution < 1.29 is 17.6 Å². The van der Waals surface area contributed by atoms with Crippen molar-refractivity contribution in [1.29, 1.82) is 0 Å². The highest BCUT2D eigenvalue weighted by atomic mass is 19.4. The van der Waals surface area contributed by atoms with E-state index < -0.39 is 23.0 Å². The molecule has 3 heterocycles. The lowest BCUT2D eigenvalue weighted by Crippen LogP contribution is -2.35. The molecule has 0 amide bonds. The molecule has 0 aliphatic carbocycles. The second-order valence-corrected chi connectivity index (χ2v) is 6.37. The molecule has 2 N–H and O–H groups in total. The zero-order valence-corrected chi connectivity index (χ0v) is 15.2. The summed E-state index contributed by atoms with van der Waals surface area (Å²) in [5, 5.41) is 2.75. The average Bonchev–Trinajstić information content (AvgIpc) is 3.22. The number of alkyl halides is 3. The summed E-state index contributed by atoms with van der Waals surface area (Å²) in [6.07, 6.45) is -1.86. The van der Waals surface area contributed by atoms with Crippen LogP contribution < -0.4 is 16.6 Å². The monoisotopic (exact) mass is 417 g/mol. The van der Waals surface area contributed by atoms with E-state index in [2.05, 4.69) is 20.3 Å². The summed E-state index contributed by atoms with van der Waals surface area (Å²) in [6, 6.07) is 8.37. The highest BCUT2D eigenvalue weighted by Crippen LogP contribution is 2.32. The summed E-state index contributed by atoms with van der Waals surface area (Å²) in [5.74, 6) is 0.391. The van der Waals surface area contributed by atoms with Gasteiger partial charge < -0.3 is 9.73 Å². The largest absolute Gasteiger partial charge is 0.467 e. The zero-order valence-electron chi connectivity index (χ0n) is 15.2. The van der Waals surface area contributed by atoms with Crippen molar-refractivity contribution in [3.05, 3.63) is 86.6 Å². The molecular weight excluding hydrogens is 403 g/mol. The number of H-pyrrole nitrogens is 1. The highest BCUT2D eigenvalue weighted by Gasteiger charge is 2.32. The summed E-state index contributed by atoms with van der Waals surface area (Å²) in [7, 11) is 0. The standard InChI is InChI=1S/C19H14F3N5O3/c20-19(21,22)14-6-2-1-4-11(14)8-23-17-24-9-13-15(25-17)26-18(29)27(16(13)28)10-12-5-3-7-30-12/h1-7,9H,8,10H2,(H2,23,24,25,26,29). The predicted octanol–water partition coefficient (Wildman–Crippen LogP) is 2.75. The van der Waals surface area contributed by atoms with E-state index in [0.717, 1.165) is 10.6 Å². The second kappa shape index (κ2) is 7.50. The fourth-order valence-corrected chi connectivity index (χ4v) is 2.95. The van der Waals surface area contributed by atoms with Crippen molar-refractivity contribution >= 4 is 17.0 Å². The van der Waals surface area contributed by atoms with Crippen molar-refractivity contribution in [1.82, 2.24) is 19.5 Å². The third-order valence-electron chi connectivity index (χ3n) is 4.39. The minimum absolute atomic E-state index is 0.0102. The smallest absolute Gasteiger partial charge is 0.416 e. The van der Waals surface area contributed by atoms with Gasteiger partial charge in [0.1, 0.15) is 11.1 Å². The first-order valence-electron chi connectivity index (χ1n) is 8.74. The number of halogens is 3. The van der Waals surface area contributed by atoms with Crippen LogP contribution >= 0.6 is 0 Å². The Hall–Kier alpha value is -3.89. The summed E-state index contributed by atoms with van der Waals surface area (Å²) < 4.78 is 45.4. The molecule has 154 valence electrons. The average molecular weight is 417 g/mol. The normalized spacial score (nSPS) is 11.7. The third-order valence-corrected chi connectivity index (χ3v) is 4.39. The molecule has 4 aromatic rings. The van der Waals surface area contributed by atoms with E-state index in [4.69, 9.17) is 4.42 Å². The van der Waals surface area contributed by atoms with E-state index in [1.54, 1.807) is 12.1 Å². The molecular formula is C19H14F3N5O3. The van der Waals surface area contributed by atoms with Gasteiger partial charge in [-0.2, -0.15) is 18.2 Å².